The Bertz CT molecular complexity index is 693. The summed E-state index contributed by atoms with van der Waals surface area (Å²) in [6.07, 6.45) is 0. The maximum atomic E-state index is 11.6. The van der Waals surface area contributed by atoms with Crippen molar-refractivity contribution in [3.8, 4) is 11.6 Å². The zero-order chi connectivity index (χ0) is 12.6. The normalized spacial score (nSPS) is 10.5. The van der Waals surface area contributed by atoms with E-state index in [0.717, 1.165) is 10.6 Å². The molecule has 5 nitrogen and oxygen atoms in total. The predicted octanol–water partition coefficient (Wildman–Crippen LogP) is 1.49. The molecule has 1 aromatic heterocycles. The standard InChI is InChI=1S/C10H6ClIN2O3/c11-5-1-2-7(6(12)3-5)14-9(16)4-8(15)13-10(14)17/h1-4,16H,(H,13,15,17). The molecular weight excluding hydrogens is 358 g/mol. The van der Waals surface area contributed by atoms with Crippen molar-refractivity contribution in [3.63, 3.8) is 0 Å². The van der Waals surface area contributed by atoms with Crippen molar-refractivity contribution in [2.45, 2.75) is 0 Å². The molecule has 7 heteroatoms. The molecule has 2 rings (SSSR count). The summed E-state index contributed by atoms with van der Waals surface area (Å²) in [6.45, 7) is 0. The molecule has 0 radical (unpaired) electrons. The fourth-order valence-corrected chi connectivity index (χ4v) is 2.49. The van der Waals surface area contributed by atoms with Crippen LogP contribution in [0.2, 0.25) is 5.02 Å². The molecule has 0 unspecified atom stereocenters. The Labute approximate surface area is 114 Å². The zero-order valence-corrected chi connectivity index (χ0v) is 11.2. The highest BCUT2D eigenvalue weighted by Crippen LogP contribution is 2.22. The zero-order valence-electron chi connectivity index (χ0n) is 8.28. The van der Waals surface area contributed by atoms with Crippen molar-refractivity contribution in [3.05, 3.63) is 53.7 Å². The number of aromatic nitrogens is 2. The Kier molecular flexibility index (Phi) is 3.25. The van der Waals surface area contributed by atoms with Crippen LogP contribution in [-0.4, -0.2) is 14.7 Å². The Balaban J connectivity index is 2.77. The molecule has 2 N–H and O–H groups in total. The first-order chi connectivity index (χ1) is 7.99. The summed E-state index contributed by atoms with van der Waals surface area (Å²) in [7, 11) is 0. The SMILES string of the molecule is O=c1cc(O)n(-c2ccc(Cl)cc2I)c(=O)[nH]1. The fraction of sp³-hybridized carbons (Fsp3) is 0. The lowest BCUT2D eigenvalue weighted by molar-refractivity contribution is 0.431. The second-order valence-corrected chi connectivity index (χ2v) is 4.83. The van der Waals surface area contributed by atoms with E-state index in [0.29, 0.717) is 14.3 Å². The molecule has 0 aliphatic heterocycles. The van der Waals surface area contributed by atoms with E-state index in [1.807, 2.05) is 22.6 Å². The first-order valence-corrected chi connectivity index (χ1v) is 5.95. The lowest BCUT2D eigenvalue weighted by Crippen LogP contribution is -2.28. The molecule has 0 aliphatic carbocycles. The van der Waals surface area contributed by atoms with Crippen LogP contribution in [0.15, 0.2) is 33.9 Å². The van der Waals surface area contributed by atoms with Crippen LogP contribution in [0.4, 0.5) is 0 Å². The molecule has 88 valence electrons. The quantitative estimate of drug-likeness (QED) is 0.753. The monoisotopic (exact) mass is 364 g/mol. The van der Waals surface area contributed by atoms with E-state index in [1.54, 1.807) is 18.2 Å². The molecule has 2 aromatic rings. The summed E-state index contributed by atoms with van der Waals surface area (Å²) in [5, 5.41) is 10.1. The van der Waals surface area contributed by atoms with Crippen LogP contribution >= 0.6 is 34.2 Å². The number of aromatic hydroxyl groups is 1. The van der Waals surface area contributed by atoms with Gasteiger partial charge in [-0.2, -0.15) is 0 Å². The molecule has 0 spiro atoms. The molecule has 0 bridgehead atoms. The molecule has 0 aliphatic rings. The Morgan fingerprint density at radius 3 is 2.59 bits per heavy atom. The van der Waals surface area contributed by atoms with E-state index >= 15 is 0 Å². The third-order valence-corrected chi connectivity index (χ3v) is 3.17. The smallest absolute Gasteiger partial charge is 0.335 e. The van der Waals surface area contributed by atoms with Gasteiger partial charge in [-0.3, -0.25) is 9.78 Å². The van der Waals surface area contributed by atoms with Crippen molar-refractivity contribution in [2.75, 3.05) is 0 Å². The van der Waals surface area contributed by atoms with Gasteiger partial charge in [0, 0.05) is 8.59 Å². The second kappa shape index (κ2) is 4.53. The predicted molar refractivity (Wildman–Crippen MR) is 72.1 cm³/mol. The van der Waals surface area contributed by atoms with Gasteiger partial charge >= 0.3 is 5.69 Å². The van der Waals surface area contributed by atoms with Gasteiger partial charge in [-0.05, 0) is 40.8 Å². The highest BCUT2D eigenvalue weighted by atomic mass is 127. The van der Waals surface area contributed by atoms with Crippen molar-refractivity contribution >= 4 is 34.2 Å². The average Bonchev–Trinajstić information content (AvgIpc) is 2.19. The van der Waals surface area contributed by atoms with Crippen LogP contribution in [0, 0.1) is 3.57 Å². The second-order valence-electron chi connectivity index (χ2n) is 3.23. The minimum Gasteiger partial charge on any atom is -0.494 e. The van der Waals surface area contributed by atoms with E-state index in [4.69, 9.17) is 11.6 Å². The largest absolute Gasteiger partial charge is 0.494 e. The summed E-state index contributed by atoms with van der Waals surface area (Å²) < 4.78 is 1.68. The molecule has 0 amide bonds. The summed E-state index contributed by atoms with van der Waals surface area (Å²) in [4.78, 5) is 24.7. The third-order valence-electron chi connectivity index (χ3n) is 2.07. The van der Waals surface area contributed by atoms with Crippen LogP contribution in [0.5, 0.6) is 5.88 Å². The molecule has 17 heavy (non-hydrogen) atoms. The fourth-order valence-electron chi connectivity index (χ4n) is 1.38. The Morgan fingerprint density at radius 1 is 1.29 bits per heavy atom. The van der Waals surface area contributed by atoms with Gasteiger partial charge in [0.25, 0.3) is 5.56 Å². The van der Waals surface area contributed by atoms with E-state index < -0.39 is 17.1 Å². The molecule has 0 saturated carbocycles. The molecule has 0 saturated heterocycles. The van der Waals surface area contributed by atoms with Crippen LogP contribution in [-0.2, 0) is 0 Å². The van der Waals surface area contributed by atoms with E-state index in [2.05, 4.69) is 4.98 Å². The lowest BCUT2D eigenvalue weighted by atomic mass is 10.3. The van der Waals surface area contributed by atoms with Crippen LogP contribution in [0.3, 0.4) is 0 Å². The van der Waals surface area contributed by atoms with Gasteiger partial charge in [-0.25, -0.2) is 9.36 Å². The highest BCUT2D eigenvalue weighted by Gasteiger charge is 2.10. The number of nitrogens with zero attached hydrogens (tertiary/aromatic N) is 1. The van der Waals surface area contributed by atoms with Crippen molar-refractivity contribution in [2.24, 2.45) is 0 Å². The van der Waals surface area contributed by atoms with Gasteiger partial charge in [0.05, 0.1) is 11.8 Å². The molecular formula is C10H6ClIN2O3. The number of hydrogen-bond acceptors (Lipinski definition) is 3. The van der Waals surface area contributed by atoms with Crippen LogP contribution in [0.1, 0.15) is 0 Å². The molecule has 0 atom stereocenters. The third kappa shape index (κ3) is 2.37. The minimum atomic E-state index is -0.699. The summed E-state index contributed by atoms with van der Waals surface area (Å²) in [5.41, 5.74) is -0.892. The van der Waals surface area contributed by atoms with Crippen LogP contribution < -0.4 is 11.2 Å². The minimum absolute atomic E-state index is 0.418. The summed E-state index contributed by atoms with van der Waals surface area (Å²) in [5.74, 6) is -0.418. The molecule has 1 aromatic carbocycles. The molecule has 0 fully saturated rings. The maximum Gasteiger partial charge on any atom is 0.335 e. The molecule has 1 heterocycles. The van der Waals surface area contributed by atoms with Gasteiger partial charge in [0.15, 0.2) is 0 Å². The number of nitrogens with one attached hydrogen (secondary N) is 1. The highest BCUT2D eigenvalue weighted by molar-refractivity contribution is 14.1. The number of benzene rings is 1. The average molecular weight is 365 g/mol. The van der Waals surface area contributed by atoms with Crippen molar-refractivity contribution in [1.29, 1.82) is 0 Å². The first kappa shape index (κ1) is 12.2. The first-order valence-electron chi connectivity index (χ1n) is 4.50. The number of rotatable bonds is 1. The van der Waals surface area contributed by atoms with Gasteiger partial charge in [-0.1, -0.05) is 11.6 Å². The Morgan fingerprint density at radius 2 is 2.00 bits per heavy atom. The summed E-state index contributed by atoms with van der Waals surface area (Å²) in [6, 6.07) is 5.76. The van der Waals surface area contributed by atoms with Crippen molar-refractivity contribution < 1.29 is 5.11 Å². The topological polar surface area (TPSA) is 75.1 Å². The van der Waals surface area contributed by atoms with Crippen molar-refractivity contribution in [1.82, 2.24) is 9.55 Å². The van der Waals surface area contributed by atoms with E-state index in [1.165, 1.54) is 0 Å². The number of hydrogen-bond donors (Lipinski definition) is 2. The number of H-pyrrole nitrogens is 1. The van der Waals surface area contributed by atoms with E-state index in [-0.39, 0.29) is 0 Å². The van der Waals surface area contributed by atoms with Crippen LogP contribution in [0.25, 0.3) is 5.69 Å². The number of aromatic amines is 1. The van der Waals surface area contributed by atoms with E-state index in [9.17, 15) is 14.7 Å². The Hall–Kier alpha value is -1.28. The number of halogens is 2. The maximum absolute atomic E-state index is 11.6. The van der Waals surface area contributed by atoms with Gasteiger partial charge in [0.2, 0.25) is 5.88 Å². The van der Waals surface area contributed by atoms with Gasteiger partial charge in [-0.15, -0.1) is 0 Å². The lowest BCUT2D eigenvalue weighted by Gasteiger charge is -2.09. The summed E-state index contributed by atoms with van der Waals surface area (Å²) >= 11 is 7.78. The van der Waals surface area contributed by atoms with Gasteiger partial charge < -0.3 is 5.11 Å². The van der Waals surface area contributed by atoms with Gasteiger partial charge in [0.1, 0.15) is 0 Å².